The molecule has 0 aromatic heterocycles. The van der Waals surface area contributed by atoms with Gasteiger partial charge in [0, 0.05) is 19.1 Å². The van der Waals surface area contributed by atoms with E-state index in [4.69, 9.17) is 0 Å². The number of hydrogen-bond donors (Lipinski definition) is 1. The Bertz CT molecular complexity index is 185. The van der Waals surface area contributed by atoms with Crippen LogP contribution in [0.2, 0.25) is 0 Å². The predicted molar refractivity (Wildman–Crippen MR) is 46.9 cm³/mol. The zero-order valence-electron chi connectivity index (χ0n) is 7.55. The van der Waals surface area contributed by atoms with E-state index in [1.54, 1.807) is 0 Å². The molecule has 3 heteroatoms. The molecule has 1 saturated heterocycles. The van der Waals surface area contributed by atoms with Gasteiger partial charge in [0.05, 0.1) is 0 Å². The molecule has 0 radical (unpaired) electrons. The minimum Gasteiger partial charge on any atom is -0.335 e. The van der Waals surface area contributed by atoms with E-state index in [0.29, 0.717) is 6.04 Å². The van der Waals surface area contributed by atoms with Gasteiger partial charge in [0.1, 0.15) is 0 Å². The Kier molecular flexibility index (Phi) is 1.95. The highest BCUT2D eigenvalue weighted by Crippen LogP contribution is 2.32. The Morgan fingerprint density at radius 1 is 1.50 bits per heavy atom. The van der Waals surface area contributed by atoms with Gasteiger partial charge in [0.2, 0.25) is 0 Å². The summed E-state index contributed by atoms with van der Waals surface area (Å²) in [4.78, 5) is 13.3. The van der Waals surface area contributed by atoms with Crippen molar-refractivity contribution < 1.29 is 4.79 Å². The first-order valence-corrected chi connectivity index (χ1v) is 4.83. The van der Waals surface area contributed by atoms with Gasteiger partial charge in [0.15, 0.2) is 0 Å². The maximum absolute atomic E-state index is 11.4. The minimum absolute atomic E-state index is 0.139. The van der Waals surface area contributed by atoms with Crippen LogP contribution in [0, 0.1) is 5.92 Å². The number of nitrogens with zero attached hydrogens (tertiary/aromatic N) is 1. The fourth-order valence-electron chi connectivity index (χ4n) is 1.52. The molecule has 1 unspecified atom stereocenters. The highest BCUT2D eigenvalue weighted by Gasteiger charge is 2.30. The fourth-order valence-corrected chi connectivity index (χ4v) is 1.52. The Hall–Kier alpha value is -0.730. The van der Waals surface area contributed by atoms with Crippen LogP contribution >= 0.6 is 0 Å². The lowest BCUT2D eigenvalue weighted by Crippen LogP contribution is -2.50. The third-order valence-electron chi connectivity index (χ3n) is 2.82. The Labute approximate surface area is 73.1 Å². The van der Waals surface area contributed by atoms with E-state index in [1.807, 2.05) is 4.90 Å². The second-order valence-corrected chi connectivity index (χ2v) is 3.92. The molecule has 0 aromatic carbocycles. The van der Waals surface area contributed by atoms with Crippen LogP contribution in [0.1, 0.15) is 26.2 Å². The van der Waals surface area contributed by atoms with Crippen molar-refractivity contribution in [2.24, 2.45) is 5.92 Å². The van der Waals surface area contributed by atoms with Crippen molar-refractivity contribution in [3.8, 4) is 0 Å². The van der Waals surface area contributed by atoms with Gasteiger partial charge in [-0.2, -0.15) is 0 Å². The molecule has 2 rings (SSSR count). The summed E-state index contributed by atoms with van der Waals surface area (Å²) in [6.45, 7) is 4.00. The van der Waals surface area contributed by atoms with Crippen molar-refractivity contribution in [2.75, 3.05) is 13.1 Å². The van der Waals surface area contributed by atoms with Crippen molar-refractivity contribution in [3.63, 3.8) is 0 Å². The molecule has 2 aliphatic rings. The third kappa shape index (κ3) is 1.54. The van der Waals surface area contributed by atoms with Crippen LogP contribution in [-0.2, 0) is 0 Å². The number of likely N-dealkylation sites (tertiary alicyclic amines) is 1. The van der Waals surface area contributed by atoms with Gasteiger partial charge < -0.3 is 10.2 Å². The van der Waals surface area contributed by atoms with Crippen LogP contribution in [0.5, 0.6) is 0 Å². The normalized spacial score (nSPS) is 24.6. The Morgan fingerprint density at radius 2 is 2.17 bits per heavy atom. The molecular formula is C9H16N2O. The highest BCUT2D eigenvalue weighted by molar-refractivity contribution is 5.75. The topological polar surface area (TPSA) is 32.3 Å². The lowest BCUT2D eigenvalue weighted by atomic mass is 10.2. The van der Waals surface area contributed by atoms with Crippen molar-refractivity contribution >= 4 is 6.03 Å². The number of nitrogens with one attached hydrogen (secondary N) is 1. The van der Waals surface area contributed by atoms with Crippen molar-refractivity contribution in [3.05, 3.63) is 0 Å². The third-order valence-corrected chi connectivity index (χ3v) is 2.82. The van der Waals surface area contributed by atoms with Crippen molar-refractivity contribution in [2.45, 2.75) is 32.2 Å². The van der Waals surface area contributed by atoms with Gasteiger partial charge in [-0.05, 0) is 32.1 Å². The highest BCUT2D eigenvalue weighted by atomic mass is 16.2. The zero-order valence-corrected chi connectivity index (χ0v) is 7.55. The first kappa shape index (κ1) is 7.90. The maximum atomic E-state index is 11.4. The maximum Gasteiger partial charge on any atom is 0.317 e. The number of carbonyl (C=O) groups excluding carboxylic acids is 1. The number of hydrogen-bond acceptors (Lipinski definition) is 1. The van der Waals surface area contributed by atoms with E-state index in [0.717, 1.165) is 19.0 Å². The average molecular weight is 168 g/mol. The molecule has 1 atom stereocenters. The Balaban J connectivity index is 1.73. The molecule has 12 heavy (non-hydrogen) atoms. The first-order valence-electron chi connectivity index (χ1n) is 4.83. The van der Waals surface area contributed by atoms with Crippen LogP contribution in [0.4, 0.5) is 4.79 Å². The quantitative estimate of drug-likeness (QED) is 0.660. The summed E-state index contributed by atoms with van der Waals surface area (Å²) in [6, 6.07) is 0.527. The monoisotopic (exact) mass is 168 g/mol. The van der Waals surface area contributed by atoms with E-state index < -0.39 is 0 Å². The molecule has 1 N–H and O–H groups in total. The first-order chi connectivity index (χ1) is 5.77. The van der Waals surface area contributed by atoms with E-state index in [9.17, 15) is 4.79 Å². The minimum atomic E-state index is 0.139. The summed E-state index contributed by atoms with van der Waals surface area (Å²) in [5.74, 6) is 0.759. The zero-order chi connectivity index (χ0) is 8.55. The molecule has 1 aliphatic carbocycles. The van der Waals surface area contributed by atoms with Crippen molar-refractivity contribution in [1.29, 1.82) is 0 Å². The van der Waals surface area contributed by atoms with Crippen LogP contribution in [0.3, 0.4) is 0 Å². The summed E-state index contributed by atoms with van der Waals surface area (Å²) < 4.78 is 0. The second kappa shape index (κ2) is 2.96. The van der Waals surface area contributed by atoms with Gasteiger partial charge in [-0.15, -0.1) is 0 Å². The molecule has 1 heterocycles. The molecular weight excluding hydrogens is 152 g/mol. The van der Waals surface area contributed by atoms with Crippen LogP contribution in [-0.4, -0.2) is 30.1 Å². The number of amides is 2. The molecule has 0 aromatic rings. The van der Waals surface area contributed by atoms with E-state index in [2.05, 4.69) is 12.2 Å². The lowest BCUT2D eigenvalue weighted by Gasteiger charge is -2.32. The molecule has 0 spiro atoms. The molecule has 0 bridgehead atoms. The summed E-state index contributed by atoms with van der Waals surface area (Å²) in [6.07, 6.45) is 3.76. The van der Waals surface area contributed by atoms with Crippen LogP contribution in [0.25, 0.3) is 0 Å². The van der Waals surface area contributed by atoms with Crippen molar-refractivity contribution in [1.82, 2.24) is 10.2 Å². The lowest BCUT2D eigenvalue weighted by molar-refractivity contribution is 0.163. The average Bonchev–Trinajstić information content (AvgIpc) is 2.61. The molecule has 2 amide bonds. The van der Waals surface area contributed by atoms with Gasteiger partial charge in [-0.3, -0.25) is 0 Å². The molecule has 2 fully saturated rings. The molecule has 3 nitrogen and oxygen atoms in total. The van der Waals surface area contributed by atoms with E-state index >= 15 is 0 Å². The van der Waals surface area contributed by atoms with Crippen LogP contribution < -0.4 is 5.32 Å². The number of rotatable bonds is 2. The summed E-state index contributed by atoms with van der Waals surface area (Å²) >= 11 is 0. The van der Waals surface area contributed by atoms with Crippen LogP contribution in [0.15, 0.2) is 0 Å². The van der Waals surface area contributed by atoms with E-state index in [1.165, 1.54) is 19.3 Å². The largest absolute Gasteiger partial charge is 0.335 e. The van der Waals surface area contributed by atoms with Gasteiger partial charge in [0.25, 0.3) is 0 Å². The summed E-state index contributed by atoms with van der Waals surface area (Å²) in [5.41, 5.74) is 0. The fraction of sp³-hybridized carbons (Fsp3) is 0.889. The molecule has 1 aliphatic heterocycles. The van der Waals surface area contributed by atoms with Gasteiger partial charge >= 0.3 is 6.03 Å². The van der Waals surface area contributed by atoms with E-state index in [-0.39, 0.29) is 6.03 Å². The smallest absolute Gasteiger partial charge is 0.317 e. The Morgan fingerprint density at radius 3 is 2.58 bits per heavy atom. The SMILES string of the molecule is CC(NC(=O)N1CCC1)C1CC1. The second-order valence-electron chi connectivity index (χ2n) is 3.92. The summed E-state index contributed by atoms with van der Waals surface area (Å²) in [7, 11) is 0. The standard InChI is InChI=1S/C9H16N2O/c1-7(8-3-4-8)10-9(12)11-5-2-6-11/h7-8H,2-6H2,1H3,(H,10,12). The predicted octanol–water partition coefficient (Wildman–Crippen LogP) is 1.20. The number of carbonyl (C=O) groups is 1. The molecule has 68 valence electrons. The number of urea groups is 1. The molecule has 1 saturated carbocycles. The van der Waals surface area contributed by atoms with Gasteiger partial charge in [-0.25, -0.2) is 4.79 Å². The van der Waals surface area contributed by atoms with Gasteiger partial charge in [-0.1, -0.05) is 0 Å². The summed E-state index contributed by atoms with van der Waals surface area (Å²) in [5, 5.41) is 3.03.